The predicted molar refractivity (Wildman–Crippen MR) is 62.4 cm³/mol. The Morgan fingerprint density at radius 3 is 2.43 bits per heavy atom. The lowest BCUT2D eigenvalue weighted by Crippen LogP contribution is -2.46. The van der Waals surface area contributed by atoms with Crippen LogP contribution in [-0.2, 0) is 0 Å². The molecule has 0 N–H and O–H groups in total. The van der Waals surface area contributed by atoms with Crippen molar-refractivity contribution in [3.05, 3.63) is 0 Å². The van der Waals surface area contributed by atoms with Gasteiger partial charge >= 0.3 is 0 Å². The maximum atomic E-state index is 5.98. The van der Waals surface area contributed by atoms with Crippen molar-refractivity contribution in [3.8, 4) is 0 Å². The van der Waals surface area contributed by atoms with E-state index in [-0.39, 0.29) is 0 Å². The SMILES string of the molecule is [B]N1CCN(C(C)C)CC(C)CC1C. The molecule has 1 heterocycles. The molecular formula is C11H23BN2. The monoisotopic (exact) mass is 194 g/mol. The summed E-state index contributed by atoms with van der Waals surface area (Å²) in [5.41, 5.74) is 0. The number of hydrogen-bond donors (Lipinski definition) is 0. The molecular weight excluding hydrogens is 171 g/mol. The molecule has 1 aliphatic heterocycles. The average Bonchev–Trinajstić information content (AvgIpc) is 2.09. The molecule has 80 valence electrons. The zero-order chi connectivity index (χ0) is 10.7. The van der Waals surface area contributed by atoms with Crippen LogP contribution in [0.3, 0.4) is 0 Å². The van der Waals surface area contributed by atoms with E-state index in [2.05, 4.69) is 32.6 Å². The Morgan fingerprint density at radius 1 is 1.21 bits per heavy atom. The van der Waals surface area contributed by atoms with Gasteiger partial charge in [-0.2, -0.15) is 0 Å². The smallest absolute Gasteiger partial charge is 0.182 e. The summed E-state index contributed by atoms with van der Waals surface area (Å²) in [6.45, 7) is 12.4. The lowest BCUT2D eigenvalue weighted by Gasteiger charge is -2.38. The van der Waals surface area contributed by atoms with Gasteiger partial charge in [0.25, 0.3) is 0 Å². The Balaban J connectivity index is 2.54. The van der Waals surface area contributed by atoms with E-state index in [1.807, 2.05) is 4.81 Å². The zero-order valence-corrected chi connectivity index (χ0v) is 10.0. The fraction of sp³-hybridized carbons (Fsp3) is 1.00. The maximum Gasteiger partial charge on any atom is 0.182 e. The van der Waals surface area contributed by atoms with E-state index in [0.717, 1.165) is 19.0 Å². The average molecular weight is 194 g/mol. The van der Waals surface area contributed by atoms with E-state index in [9.17, 15) is 0 Å². The number of nitrogens with zero attached hydrogens (tertiary/aromatic N) is 2. The van der Waals surface area contributed by atoms with Gasteiger partial charge in [-0.25, -0.2) is 0 Å². The van der Waals surface area contributed by atoms with Crippen LogP contribution in [0.25, 0.3) is 0 Å². The van der Waals surface area contributed by atoms with Crippen LogP contribution in [0.15, 0.2) is 0 Å². The van der Waals surface area contributed by atoms with E-state index in [4.69, 9.17) is 7.98 Å². The molecule has 1 aliphatic rings. The van der Waals surface area contributed by atoms with Gasteiger partial charge in [-0.1, -0.05) is 13.8 Å². The van der Waals surface area contributed by atoms with Gasteiger partial charge in [-0.05, 0) is 38.8 Å². The second-order valence-corrected chi connectivity index (χ2v) is 5.02. The molecule has 2 radical (unpaired) electrons. The minimum absolute atomic E-state index is 0.527. The van der Waals surface area contributed by atoms with Crippen molar-refractivity contribution in [1.29, 1.82) is 0 Å². The van der Waals surface area contributed by atoms with E-state index in [1.165, 1.54) is 13.0 Å². The van der Waals surface area contributed by atoms with Crippen LogP contribution in [-0.4, -0.2) is 49.4 Å². The summed E-state index contributed by atoms with van der Waals surface area (Å²) in [6, 6.07) is 1.17. The molecule has 3 heteroatoms. The van der Waals surface area contributed by atoms with Gasteiger partial charge < -0.3 is 4.81 Å². The molecule has 0 aromatic rings. The maximum absolute atomic E-state index is 5.98. The summed E-state index contributed by atoms with van der Waals surface area (Å²) in [5.74, 6) is 0.749. The highest BCUT2D eigenvalue weighted by atomic mass is 15.2. The Morgan fingerprint density at radius 2 is 1.86 bits per heavy atom. The molecule has 1 saturated heterocycles. The number of hydrogen-bond acceptors (Lipinski definition) is 2. The van der Waals surface area contributed by atoms with Crippen molar-refractivity contribution in [2.24, 2.45) is 5.92 Å². The van der Waals surface area contributed by atoms with Gasteiger partial charge in [0.2, 0.25) is 0 Å². The van der Waals surface area contributed by atoms with Crippen LogP contribution in [0.4, 0.5) is 0 Å². The molecule has 0 aromatic carbocycles. The van der Waals surface area contributed by atoms with Crippen molar-refractivity contribution < 1.29 is 0 Å². The first kappa shape index (κ1) is 12.1. The summed E-state index contributed by atoms with van der Waals surface area (Å²) in [5, 5.41) is 0. The molecule has 0 bridgehead atoms. The minimum atomic E-state index is 0.527. The molecule has 2 nitrogen and oxygen atoms in total. The van der Waals surface area contributed by atoms with Gasteiger partial charge in [0.15, 0.2) is 7.98 Å². The highest BCUT2D eigenvalue weighted by Crippen LogP contribution is 2.16. The molecule has 0 aliphatic carbocycles. The van der Waals surface area contributed by atoms with Crippen molar-refractivity contribution in [1.82, 2.24) is 9.71 Å². The van der Waals surface area contributed by atoms with Gasteiger partial charge in [-0.15, -0.1) is 0 Å². The lowest BCUT2D eigenvalue weighted by atomic mass is 9.97. The van der Waals surface area contributed by atoms with Crippen LogP contribution >= 0.6 is 0 Å². The summed E-state index contributed by atoms with van der Waals surface area (Å²) >= 11 is 0. The van der Waals surface area contributed by atoms with E-state index in [1.54, 1.807) is 0 Å². The van der Waals surface area contributed by atoms with Crippen molar-refractivity contribution in [2.45, 2.75) is 46.2 Å². The Hall–Kier alpha value is -0.0151. The molecule has 1 fully saturated rings. The summed E-state index contributed by atoms with van der Waals surface area (Å²) < 4.78 is 0. The predicted octanol–water partition coefficient (Wildman–Crippen LogP) is 1.51. The number of rotatable bonds is 1. The van der Waals surface area contributed by atoms with Crippen LogP contribution in [0.5, 0.6) is 0 Å². The second-order valence-electron chi connectivity index (χ2n) is 5.02. The van der Waals surface area contributed by atoms with Crippen molar-refractivity contribution in [3.63, 3.8) is 0 Å². The van der Waals surface area contributed by atoms with E-state index in [0.29, 0.717) is 12.1 Å². The first-order valence-corrected chi connectivity index (χ1v) is 5.76. The molecule has 14 heavy (non-hydrogen) atoms. The highest BCUT2D eigenvalue weighted by Gasteiger charge is 2.21. The first-order chi connectivity index (χ1) is 6.50. The second kappa shape index (κ2) is 5.17. The van der Waals surface area contributed by atoms with Crippen molar-refractivity contribution in [2.75, 3.05) is 19.6 Å². The third-order valence-electron chi connectivity index (χ3n) is 3.23. The molecule has 0 amide bonds. The Bertz CT molecular complexity index is 173. The Labute approximate surface area is 90.1 Å². The highest BCUT2D eigenvalue weighted by molar-refractivity contribution is 6.04. The summed E-state index contributed by atoms with van der Waals surface area (Å²) in [7, 11) is 5.98. The third kappa shape index (κ3) is 3.28. The van der Waals surface area contributed by atoms with E-state index < -0.39 is 0 Å². The standard InChI is InChI=1S/C11H23BN2/c1-9(2)13-5-6-14(12)11(4)7-10(3)8-13/h9-11H,5-8H2,1-4H3. The van der Waals surface area contributed by atoms with Gasteiger partial charge in [0.1, 0.15) is 0 Å². The normalized spacial score (nSPS) is 32.9. The largest absolute Gasteiger partial charge is 0.350 e. The van der Waals surface area contributed by atoms with Crippen LogP contribution in [0, 0.1) is 5.92 Å². The first-order valence-electron chi connectivity index (χ1n) is 5.76. The lowest BCUT2D eigenvalue weighted by molar-refractivity contribution is 0.135. The van der Waals surface area contributed by atoms with Crippen LogP contribution in [0.2, 0.25) is 0 Å². The topological polar surface area (TPSA) is 6.48 Å². The summed E-state index contributed by atoms with van der Waals surface area (Å²) in [6.07, 6.45) is 1.21. The fourth-order valence-corrected chi connectivity index (χ4v) is 2.22. The molecule has 0 aromatic heterocycles. The van der Waals surface area contributed by atoms with Gasteiger partial charge in [0.05, 0.1) is 0 Å². The summed E-state index contributed by atoms with van der Waals surface area (Å²) in [4.78, 5) is 4.52. The Kier molecular flexibility index (Phi) is 4.46. The van der Waals surface area contributed by atoms with E-state index >= 15 is 0 Å². The molecule has 1 rings (SSSR count). The molecule has 2 unspecified atom stereocenters. The molecule has 0 saturated carbocycles. The van der Waals surface area contributed by atoms with Gasteiger partial charge in [-0.3, -0.25) is 4.90 Å². The fourth-order valence-electron chi connectivity index (χ4n) is 2.22. The van der Waals surface area contributed by atoms with Gasteiger partial charge in [0, 0.05) is 19.1 Å². The zero-order valence-electron chi connectivity index (χ0n) is 10.0. The van der Waals surface area contributed by atoms with Crippen LogP contribution in [0.1, 0.15) is 34.1 Å². The quantitative estimate of drug-likeness (QED) is 0.584. The molecule has 2 atom stereocenters. The molecule has 0 spiro atoms. The van der Waals surface area contributed by atoms with Crippen LogP contribution < -0.4 is 0 Å². The minimum Gasteiger partial charge on any atom is -0.350 e. The van der Waals surface area contributed by atoms with Crippen molar-refractivity contribution >= 4 is 7.98 Å². The third-order valence-corrected chi connectivity index (χ3v) is 3.23.